The zero-order valence-electron chi connectivity index (χ0n) is 16.3. The van der Waals surface area contributed by atoms with Crippen molar-refractivity contribution in [2.45, 2.75) is 45.7 Å². The molecule has 4 rings (SSSR count). The average molecular weight is 482 g/mol. The van der Waals surface area contributed by atoms with Crippen LogP contribution >= 0.6 is 24.0 Å². The number of benzene rings is 1. The molecule has 2 fully saturated rings. The van der Waals surface area contributed by atoms with E-state index in [0.717, 1.165) is 42.4 Å². The first-order valence-corrected chi connectivity index (χ1v) is 9.98. The third-order valence-electron chi connectivity index (χ3n) is 5.61. The number of hydrogen-bond acceptors (Lipinski definition) is 3. The Kier molecular flexibility index (Phi) is 7.03. The van der Waals surface area contributed by atoms with E-state index in [1.165, 1.54) is 43.3 Å². The van der Waals surface area contributed by atoms with Crippen LogP contribution in [0.1, 0.15) is 37.5 Å². The number of aryl methyl sites for hydroxylation is 1. The molecule has 2 aliphatic rings. The lowest BCUT2D eigenvalue weighted by atomic mass is 10.1. The van der Waals surface area contributed by atoms with Gasteiger partial charge in [0.15, 0.2) is 5.96 Å². The molecule has 1 saturated carbocycles. The van der Waals surface area contributed by atoms with Crippen LogP contribution < -0.4 is 10.6 Å². The minimum Gasteiger partial charge on any atom is -0.459 e. The Hall–Kier alpha value is -1.28. The van der Waals surface area contributed by atoms with Crippen molar-refractivity contribution in [1.29, 1.82) is 0 Å². The molecule has 27 heavy (non-hydrogen) atoms. The molecule has 1 aromatic heterocycles. The van der Waals surface area contributed by atoms with Crippen LogP contribution in [0.5, 0.6) is 0 Å². The lowest BCUT2D eigenvalue weighted by Crippen LogP contribution is -2.40. The summed E-state index contributed by atoms with van der Waals surface area (Å²) in [4.78, 5) is 7.42. The lowest BCUT2D eigenvalue weighted by Gasteiger charge is -2.17. The molecule has 1 aromatic carbocycles. The number of aliphatic imine (C=N–C) groups is 1. The summed E-state index contributed by atoms with van der Waals surface area (Å²) in [5.74, 6) is 2.56. The van der Waals surface area contributed by atoms with Crippen LogP contribution in [0, 0.1) is 12.8 Å². The van der Waals surface area contributed by atoms with Crippen LogP contribution in [0.15, 0.2) is 33.7 Å². The van der Waals surface area contributed by atoms with Crippen molar-refractivity contribution in [3.05, 3.63) is 35.6 Å². The van der Waals surface area contributed by atoms with Crippen molar-refractivity contribution in [2.24, 2.45) is 10.9 Å². The fraction of sp³-hybridized carbons (Fsp3) is 0.571. The van der Waals surface area contributed by atoms with Gasteiger partial charge >= 0.3 is 0 Å². The summed E-state index contributed by atoms with van der Waals surface area (Å²) in [6.45, 7) is 9.14. The van der Waals surface area contributed by atoms with Crippen LogP contribution in [0.4, 0.5) is 0 Å². The summed E-state index contributed by atoms with van der Waals surface area (Å²) in [5.41, 5.74) is 2.13. The van der Waals surface area contributed by atoms with Crippen molar-refractivity contribution >= 4 is 40.9 Å². The van der Waals surface area contributed by atoms with Crippen molar-refractivity contribution in [3.63, 3.8) is 0 Å². The molecule has 6 heteroatoms. The first kappa shape index (κ1) is 20.5. The molecule has 2 heterocycles. The van der Waals surface area contributed by atoms with Gasteiger partial charge in [0, 0.05) is 36.6 Å². The summed E-state index contributed by atoms with van der Waals surface area (Å²) in [6, 6.07) is 9.08. The normalized spacial score (nSPS) is 20.7. The highest BCUT2D eigenvalue weighted by Gasteiger charge is 2.34. The summed E-state index contributed by atoms with van der Waals surface area (Å²) < 4.78 is 5.98. The number of nitrogens with zero attached hydrogens (tertiary/aromatic N) is 2. The fourth-order valence-corrected chi connectivity index (χ4v) is 3.91. The molecular formula is C21H31IN4O. The quantitative estimate of drug-likeness (QED) is 0.373. The molecule has 5 nitrogen and oxygen atoms in total. The highest BCUT2D eigenvalue weighted by Crippen LogP contribution is 2.31. The maximum atomic E-state index is 5.98. The van der Waals surface area contributed by atoms with Crippen molar-refractivity contribution in [3.8, 4) is 0 Å². The van der Waals surface area contributed by atoms with Gasteiger partial charge in [-0.15, -0.1) is 24.0 Å². The number of rotatable bonds is 6. The SMILES string of the molecule is CCNC(=NCc1oc2ccccc2c1C)NCC1CCN(C2CC2)C1.I. The predicted octanol–water partition coefficient (Wildman–Crippen LogP) is 3.90. The fourth-order valence-electron chi connectivity index (χ4n) is 3.91. The summed E-state index contributed by atoms with van der Waals surface area (Å²) in [6.07, 6.45) is 4.10. The average Bonchev–Trinajstić information content (AvgIpc) is 3.32. The van der Waals surface area contributed by atoms with E-state index in [1.807, 2.05) is 12.1 Å². The molecule has 2 aromatic rings. The van der Waals surface area contributed by atoms with Gasteiger partial charge in [0.2, 0.25) is 0 Å². The molecule has 1 aliphatic heterocycles. The first-order chi connectivity index (χ1) is 12.7. The molecule has 0 radical (unpaired) electrons. The number of halogens is 1. The van der Waals surface area contributed by atoms with Crippen LogP contribution in [0.3, 0.4) is 0 Å². The van der Waals surface area contributed by atoms with Gasteiger partial charge in [0.05, 0.1) is 0 Å². The Morgan fingerprint density at radius 2 is 2.04 bits per heavy atom. The number of nitrogens with one attached hydrogen (secondary N) is 2. The largest absolute Gasteiger partial charge is 0.459 e. The molecule has 1 unspecified atom stereocenters. The Morgan fingerprint density at radius 1 is 1.22 bits per heavy atom. The second-order valence-corrected chi connectivity index (χ2v) is 7.60. The van der Waals surface area contributed by atoms with E-state index in [-0.39, 0.29) is 24.0 Å². The van der Waals surface area contributed by atoms with Gasteiger partial charge in [-0.05, 0) is 51.6 Å². The molecule has 148 valence electrons. The first-order valence-electron chi connectivity index (χ1n) is 9.98. The maximum absolute atomic E-state index is 5.98. The van der Waals surface area contributed by atoms with Crippen LogP contribution in [0.2, 0.25) is 0 Å². The number of fused-ring (bicyclic) bond motifs is 1. The molecule has 2 N–H and O–H groups in total. The smallest absolute Gasteiger partial charge is 0.191 e. The van der Waals surface area contributed by atoms with Crippen molar-refractivity contribution in [2.75, 3.05) is 26.2 Å². The summed E-state index contributed by atoms with van der Waals surface area (Å²) >= 11 is 0. The van der Waals surface area contributed by atoms with Crippen LogP contribution in [0.25, 0.3) is 11.0 Å². The molecule has 1 aliphatic carbocycles. The minimum absolute atomic E-state index is 0. The van der Waals surface area contributed by atoms with Crippen LogP contribution in [-0.4, -0.2) is 43.1 Å². The van der Waals surface area contributed by atoms with Gasteiger partial charge in [-0.25, -0.2) is 4.99 Å². The monoisotopic (exact) mass is 482 g/mol. The predicted molar refractivity (Wildman–Crippen MR) is 122 cm³/mol. The third kappa shape index (κ3) is 4.96. The van der Waals surface area contributed by atoms with Gasteiger partial charge in [0.25, 0.3) is 0 Å². The molecule has 1 saturated heterocycles. The van der Waals surface area contributed by atoms with Crippen molar-refractivity contribution in [1.82, 2.24) is 15.5 Å². The standard InChI is InChI=1S/C21H30N4O.HI/c1-3-22-21(23-12-16-10-11-25(14-16)17-8-9-17)24-13-20-15(2)18-6-4-5-7-19(18)26-20;/h4-7,16-17H,3,8-14H2,1-2H3,(H2,22,23,24);1H. The Morgan fingerprint density at radius 3 is 2.78 bits per heavy atom. The Bertz CT molecular complexity index is 784. The van der Waals surface area contributed by atoms with E-state index in [1.54, 1.807) is 0 Å². The van der Waals surface area contributed by atoms with E-state index >= 15 is 0 Å². The molecule has 0 amide bonds. The van der Waals surface area contributed by atoms with Gasteiger partial charge in [0.1, 0.15) is 17.9 Å². The second kappa shape index (κ2) is 9.28. The zero-order chi connectivity index (χ0) is 17.9. The van der Waals surface area contributed by atoms with E-state index in [2.05, 4.69) is 41.5 Å². The topological polar surface area (TPSA) is 52.8 Å². The highest BCUT2D eigenvalue weighted by atomic mass is 127. The van der Waals surface area contributed by atoms with E-state index in [0.29, 0.717) is 6.54 Å². The van der Waals surface area contributed by atoms with Gasteiger partial charge in [-0.2, -0.15) is 0 Å². The number of para-hydroxylation sites is 1. The van der Waals surface area contributed by atoms with Crippen LogP contribution in [-0.2, 0) is 6.54 Å². The highest BCUT2D eigenvalue weighted by molar-refractivity contribution is 14.0. The number of hydrogen-bond donors (Lipinski definition) is 2. The third-order valence-corrected chi connectivity index (χ3v) is 5.61. The zero-order valence-corrected chi connectivity index (χ0v) is 18.7. The van der Waals surface area contributed by atoms with Gasteiger partial charge in [-0.3, -0.25) is 0 Å². The molecule has 1 atom stereocenters. The molecule has 0 spiro atoms. The van der Waals surface area contributed by atoms with E-state index in [4.69, 9.17) is 9.41 Å². The second-order valence-electron chi connectivity index (χ2n) is 7.60. The number of guanidine groups is 1. The summed E-state index contributed by atoms with van der Waals surface area (Å²) in [7, 11) is 0. The number of likely N-dealkylation sites (tertiary alicyclic amines) is 1. The lowest BCUT2D eigenvalue weighted by molar-refractivity contribution is 0.314. The molecular weight excluding hydrogens is 451 g/mol. The van der Waals surface area contributed by atoms with E-state index < -0.39 is 0 Å². The number of furan rings is 1. The summed E-state index contributed by atoms with van der Waals surface area (Å²) in [5, 5.41) is 8.08. The van der Waals surface area contributed by atoms with Gasteiger partial charge in [-0.1, -0.05) is 18.2 Å². The maximum Gasteiger partial charge on any atom is 0.191 e. The van der Waals surface area contributed by atoms with Crippen molar-refractivity contribution < 1.29 is 4.42 Å². The Balaban J connectivity index is 0.00000210. The van der Waals surface area contributed by atoms with Gasteiger partial charge < -0.3 is 20.0 Å². The van der Waals surface area contributed by atoms with E-state index in [9.17, 15) is 0 Å². The molecule has 0 bridgehead atoms. The minimum atomic E-state index is 0. The Labute approximate surface area is 179 Å².